The second-order valence-electron chi connectivity index (χ2n) is 7.26. The maximum Gasteiger partial charge on any atom is 0.261 e. The Balaban J connectivity index is 1.80. The van der Waals surface area contributed by atoms with Crippen molar-refractivity contribution in [3.8, 4) is 17.2 Å². The normalized spacial score (nSPS) is 10.9. The number of anilines is 2. The van der Waals surface area contributed by atoms with Crippen molar-refractivity contribution in [1.82, 2.24) is 0 Å². The Labute approximate surface area is 193 Å². The largest absolute Gasteiger partial charge is 0.493 e. The van der Waals surface area contributed by atoms with Gasteiger partial charge in [0.1, 0.15) is 0 Å². The van der Waals surface area contributed by atoms with E-state index < -0.39 is 15.9 Å². The molecular weight excluding hydrogens is 444 g/mol. The highest BCUT2D eigenvalue weighted by Gasteiger charge is 2.19. The van der Waals surface area contributed by atoms with Gasteiger partial charge < -0.3 is 19.5 Å². The van der Waals surface area contributed by atoms with Crippen LogP contribution in [0.3, 0.4) is 0 Å². The molecule has 3 aromatic rings. The predicted octanol–water partition coefficient (Wildman–Crippen LogP) is 4.38. The average Bonchev–Trinajstić information content (AvgIpc) is 2.80. The van der Waals surface area contributed by atoms with E-state index in [9.17, 15) is 13.2 Å². The molecule has 1 amide bonds. The number of amides is 1. The molecule has 0 aliphatic heterocycles. The van der Waals surface area contributed by atoms with Gasteiger partial charge >= 0.3 is 0 Å². The lowest BCUT2D eigenvalue weighted by atomic mass is 10.1. The van der Waals surface area contributed by atoms with E-state index in [1.54, 1.807) is 0 Å². The summed E-state index contributed by atoms with van der Waals surface area (Å²) in [6.07, 6.45) is 0. The van der Waals surface area contributed by atoms with Crippen molar-refractivity contribution >= 4 is 27.3 Å². The summed E-state index contributed by atoms with van der Waals surface area (Å²) in [5.41, 5.74) is 2.93. The molecule has 0 aliphatic carbocycles. The molecule has 0 atom stereocenters. The number of nitrogens with one attached hydrogen (secondary N) is 2. The molecular formula is C24H26N2O6S. The van der Waals surface area contributed by atoms with Gasteiger partial charge in [-0.2, -0.15) is 0 Å². The molecule has 0 spiro atoms. The monoisotopic (exact) mass is 470 g/mol. The van der Waals surface area contributed by atoms with Crippen LogP contribution in [-0.2, 0) is 10.0 Å². The van der Waals surface area contributed by atoms with Crippen LogP contribution in [0, 0.1) is 13.8 Å². The molecule has 0 saturated heterocycles. The third-order valence-electron chi connectivity index (χ3n) is 5.07. The van der Waals surface area contributed by atoms with Gasteiger partial charge in [-0.05, 0) is 61.4 Å². The van der Waals surface area contributed by atoms with Crippen LogP contribution < -0.4 is 24.2 Å². The molecule has 0 heterocycles. The van der Waals surface area contributed by atoms with Crippen molar-refractivity contribution in [1.29, 1.82) is 0 Å². The van der Waals surface area contributed by atoms with Gasteiger partial charge in [-0.3, -0.25) is 9.52 Å². The summed E-state index contributed by atoms with van der Waals surface area (Å²) in [6, 6.07) is 14.5. The van der Waals surface area contributed by atoms with Crippen LogP contribution in [0.5, 0.6) is 17.2 Å². The van der Waals surface area contributed by atoms with Crippen LogP contribution in [0.15, 0.2) is 59.5 Å². The molecule has 0 radical (unpaired) electrons. The molecule has 3 rings (SSSR count). The number of rotatable bonds is 8. The number of sulfonamides is 1. The highest BCUT2D eigenvalue weighted by atomic mass is 32.2. The standard InChI is InChI=1S/C24H26N2O6S/c1-15-7-6-8-16(2)22(15)26-33(28,29)19-11-9-18(10-12-19)25-24(27)17-13-20(30-3)23(32-5)21(14-17)31-4/h6-14,26H,1-5H3,(H,25,27). The zero-order valence-corrected chi connectivity index (χ0v) is 19.9. The molecule has 3 aromatic carbocycles. The number of benzene rings is 3. The first-order valence-electron chi connectivity index (χ1n) is 10.0. The number of hydrogen-bond donors (Lipinski definition) is 2. The molecule has 0 saturated carbocycles. The van der Waals surface area contributed by atoms with E-state index in [1.165, 1.54) is 57.7 Å². The summed E-state index contributed by atoms with van der Waals surface area (Å²) >= 11 is 0. The first kappa shape index (κ1) is 23.9. The number of carbonyl (C=O) groups is 1. The van der Waals surface area contributed by atoms with Gasteiger partial charge in [0, 0.05) is 11.3 Å². The van der Waals surface area contributed by atoms with Crippen molar-refractivity contribution in [2.24, 2.45) is 0 Å². The summed E-state index contributed by atoms with van der Waals surface area (Å²) in [7, 11) is 0.612. The van der Waals surface area contributed by atoms with Gasteiger partial charge in [0.15, 0.2) is 11.5 Å². The lowest BCUT2D eigenvalue weighted by molar-refractivity contribution is 0.102. The quantitative estimate of drug-likeness (QED) is 0.506. The minimum absolute atomic E-state index is 0.0796. The Morgan fingerprint density at radius 3 is 1.85 bits per heavy atom. The van der Waals surface area contributed by atoms with Crippen molar-refractivity contribution in [2.45, 2.75) is 18.7 Å². The molecule has 0 fully saturated rings. The summed E-state index contributed by atoms with van der Waals surface area (Å²) in [4.78, 5) is 12.8. The lowest BCUT2D eigenvalue weighted by Gasteiger charge is -2.15. The first-order chi connectivity index (χ1) is 15.7. The zero-order valence-electron chi connectivity index (χ0n) is 19.1. The number of methoxy groups -OCH3 is 3. The SMILES string of the molecule is COc1cc(C(=O)Nc2ccc(S(=O)(=O)Nc3c(C)cccc3C)cc2)cc(OC)c1OC. The molecule has 174 valence electrons. The Morgan fingerprint density at radius 1 is 0.818 bits per heavy atom. The van der Waals surface area contributed by atoms with Crippen molar-refractivity contribution < 1.29 is 27.4 Å². The van der Waals surface area contributed by atoms with Crippen molar-refractivity contribution in [3.63, 3.8) is 0 Å². The Kier molecular flexibility index (Phi) is 7.13. The first-order valence-corrected chi connectivity index (χ1v) is 11.5. The van der Waals surface area contributed by atoms with E-state index in [2.05, 4.69) is 10.0 Å². The van der Waals surface area contributed by atoms with E-state index in [-0.39, 0.29) is 10.5 Å². The Bertz CT molecular complexity index is 1230. The van der Waals surface area contributed by atoms with Gasteiger partial charge in [0.2, 0.25) is 5.75 Å². The van der Waals surface area contributed by atoms with E-state index in [1.807, 2.05) is 32.0 Å². The van der Waals surface area contributed by atoms with Crippen LogP contribution in [-0.4, -0.2) is 35.7 Å². The maximum absolute atomic E-state index is 12.8. The molecule has 8 nitrogen and oxygen atoms in total. The summed E-state index contributed by atoms with van der Waals surface area (Å²) in [6.45, 7) is 3.68. The van der Waals surface area contributed by atoms with Crippen LogP contribution in [0.2, 0.25) is 0 Å². The summed E-state index contributed by atoms with van der Waals surface area (Å²) in [5.74, 6) is 0.656. The van der Waals surface area contributed by atoms with Crippen LogP contribution in [0.25, 0.3) is 0 Å². The van der Waals surface area contributed by atoms with Crippen molar-refractivity contribution in [2.75, 3.05) is 31.4 Å². The smallest absolute Gasteiger partial charge is 0.261 e. The van der Waals surface area contributed by atoms with Gasteiger partial charge in [-0.1, -0.05) is 18.2 Å². The van der Waals surface area contributed by atoms with E-state index in [4.69, 9.17) is 14.2 Å². The highest BCUT2D eigenvalue weighted by Crippen LogP contribution is 2.38. The molecule has 0 aromatic heterocycles. The predicted molar refractivity (Wildman–Crippen MR) is 127 cm³/mol. The number of para-hydroxylation sites is 1. The summed E-state index contributed by atoms with van der Waals surface area (Å²) < 4.78 is 44.1. The molecule has 33 heavy (non-hydrogen) atoms. The van der Waals surface area contributed by atoms with Crippen LogP contribution in [0.4, 0.5) is 11.4 Å². The van der Waals surface area contributed by atoms with E-state index in [0.717, 1.165) is 11.1 Å². The lowest BCUT2D eigenvalue weighted by Crippen LogP contribution is -2.15. The van der Waals surface area contributed by atoms with Crippen LogP contribution >= 0.6 is 0 Å². The third-order valence-corrected chi connectivity index (χ3v) is 6.43. The molecule has 9 heteroatoms. The Hall–Kier alpha value is -3.72. The summed E-state index contributed by atoms with van der Waals surface area (Å²) in [5, 5.41) is 2.74. The van der Waals surface area contributed by atoms with Crippen molar-refractivity contribution in [3.05, 3.63) is 71.3 Å². The second-order valence-corrected chi connectivity index (χ2v) is 8.95. The number of aryl methyl sites for hydroxylation is 2. The van der Waals surface area contributed by atoms with E-state index >= 15 is 0 Å². The highest BCUT2D eigenvalue weighted by molar-refractivity contribution is 7.92. The fourth-order valence-corrected chi connectivity index (χ4v) is 4.50. The number of hydrogen-bond acceptors (Lipinski definition) is 6. The fraction of sp³-hybridized carbons (Fsp3) is 0.208. The number of ether oxygens (including phenoxy) is 3. The molecule has 0 aliphatic rings. The average molecular weight is 471 g/mol. The van der Waals surface area contributed by atoms with Gasteiger partial charge in [-0.25, -0.2) is 8.42 Å². The molecule has 0 unspecified atom stereocenters. The Morgan fingerprint density at radius 2 is 1.36 bits per heavy atom. The zero-order chi connectivity index (χ0) is 24.2. The maximum atomic E-state index is 12.8. The number of carbonyl (C=O) groups excluding carboxylic acids is 1. The topological polar surface area (TPSA) is 103 Å². The molecule has 2 N–H and O–H groups in total. The third kappa shape index (κ3) is 5.20. The van der Waals surface area contributed by atoms with Gasteiger partial charge in [0.05, 0.1) is 31.9 Å². The fourth-order valence-electron chi connectivity index (χ4n) is 3.30. The van der Waals surface area contributed by atoms with Crippen LogP contribution in [0.1, 0.15) is 21.5 Å². The second kappa shape index (κ2) is 9.83. The van der Waals surface area contributed by atoms with Gasteiger partial charge in [0.25, 0.3) is 15.9 Å². The van der Waals surface area contributed by atoms with Gasteiger partial charge in [-0.15, -0.1) is 0 Å². The minimum Gasteiger partial charge on any atom is -0.493 e. The molecule has 0 bridgehead atoms. The van der Waals surface area contributed by atoms with E-state index in [0.29, 0.717) is 28.6 Å². The minimum atomic E-state index is -3.79.